The Labute approximate surface area is 99.3 Å². The van der Waals surface area contributed by atoms with Crippen LogP contribution < -0.4 is 0 Å². The van der Waals surface area contributed by atoms with Gasteiger partial charge in [-0.25, -0.2) is 4.39 Å². The molecule has 0 saturated heterocycles. The van der Waals surface area contributed by atoms with Gasteiger partial charge in [-0.2, -0.15) is 0 Å². The van der Waals surface area contributed by atoms with E-state index in [1.54, 1.807) is 12.1 Å². The van der Waals surface area contributed by atoms with Crippen molar-refractivity contribution >= 4 is 22.0 Å². The molecule has 0 atom stereocenters. The molecule has 0 heterocycles. The van der Waals surface area contributed by atoms with Crippen LogP contribution in [0.2, 0.25) is 0 Å². The zero-order chi connectivity index (χ0) is 11.1. The van der Waals surface area contributed by atoms with Crippen LogP contribution in [0, 0.1) is 5.82 Å². The van der Waals surface area contributed by atoms with Crippen molar-refractivity contribution < 1.29 is 4.39 Å². The smallest absolute Gasteiger partial charge is 0.130 e. The van der Waals surface area contributed by atoms with E-state index >= 15 is 0 Å². The molecule has 1 rings (SSSR count). The predicted molar refractivity (Wildman–Crippen MR) is 67.3 cm³/mol. The highest BCUT2D eigenvalue weighted by Crippen LogP contribution is 2.17. The van der Waals surface area contributed by atoms with E-state index in [1.807, 2.05) is 12.2 Å². The molecule has 15 heavy (non-hydrogen) atoms. The first-order chi connectivity index (χ1) is 7.24. The highest BCUT2D eigenvalue weighted by molar-refractivity contribution is 9.10. The Morgan fingerprint density at radius 3 is 2.87 bits per heavy atom. The maximum absolute atomic E-state index is 13.3. The summed E-state index contributed by atoms with van der Waals surface area (Å²) in [5, 5.41) is 0. The quantitative estimate of drug-likeness (QED) is 0.647. The van der Waals surface area contributed by atoms with Crippen LogP contribution in [0.25, 0.3) is 6.08 Å². The van der Waals surface area contributed by atoms with Crippen LogP contribution in [0.1, 0.15) is 38.2 Å². The third kappa shape index (κ3) is 4.61. The van der Waals surface area contributed by atoms with E-state index in [0.717, 1.165) is 10.9 Å². The van der Waals surface area contributed by atoms with Crippen LogP contribution in [0.5, 0.6) is 0 Å². The van der Waals surface area contributed by atoms with Gasteiger partial charge in [0, 0.05) is 10.0 Å². The molecule has 0 unspecified atom stereocenters. The number of unbranched alkanes of at least 4 members (excludes halogenated alkanes) is 3. The highest BCUT2D eigenvalue weighted by Gasteiger charge is 1.97. The Bertz CT molecular complexity index is 331. The fourth-order valence-electron chi connectivity index (χ4n) is 1.36. The normalized spacial score (nSPS) is 11.1. The van der Waals surface area contributed by atoms with Gasteiger partial charge in [0.05, 0.1) is 0 Å². The Balaban J connectivity index is 2.52. The number of rotatable bonds is 5. The molecule has 0 aromatic heterocycles. The van der Waals surface area contributed by atoms with Crippen LogP contribution in [0.15, 0.2) is 28.7 Å². The Morgan fingerprint density at radius 2 is 2.13 bits per heavy atom. The minimum absolute atomic E-state index is 0.162. The molecular formula is C13H16BrF. The van der Waals surface area contributed by atoms with Crippen LogP contribution in [-0.4, -0.2) is 0 Å². The van der Waals surface area contributed by atoms with E-state index in [-0.39, 0.29) is 5.82 Å². The maximum atomic E-state index is 13.3. The number of benzene rings is 1. The maximum Gasteiger partial charge on any atom is 0.130 e. The van der Waals surface area contributed by atoms with E-state index in [4.69, 9.17) is 0 Å². The molecule has 1 aromatic carbocycles. The molecule has 0 aliphatic heterocycles. The van der Waals surface area contributed by atoms with E-state index < -0.39 is 0 Å². The van der Waals surface area contributed by atoms with Gasteiger partial charge in [0.1, 0.15) is 5.82 Å². The van der Waals surface area contributed by atoms with Crippen molar-refractivity contribution in [1.29, 1.82) is 0 Å². The molecule has 2 heteroatoms. The molecule has 82 valence electrons. The summed E-state index contributed by atoms with van der Waals surface area (Å²) in [5.41, 5.74) is 0.654. The summed E-state index contributed by atoms with van der Waals surface area (Å²) < 4.78 is 14.2. The van der Waals surface area contributed by atoms with Crippen molar-refractivity contribution in [3.05, 3.63) is 40.1 Å². The van der Waals surface area contributed by atoms with Gasteiger partial charge in [-0.3, -0.25) is 0 Å². The zero-order valence-electron chi connectivity index (χ0n) is 8.97. The monoisotopic (exact) mass is 270 g/mol. The first kappa shape index (κ1) is 12.4. The molecule has 1 aromatic rings. The number of hydrogen-bond acceptors (Lipinski definition) is 0. The Morgan fingerprint density at radius 1 is 1.33 bits per heavy atom. The van der Waals surface area contributed by atoms with Crippen LogP contribution in [0.4, 0.5) is 4.39 Å². The summed E-state index contributed by atoms with van der Waals surface area (Å²) in [4.78, 5) is 0. The number of hydrogen-bond donors (Lipinski definition) is 0. The first-order valence-electron chi connectivity index (χ1n) is 5.35. The summed E-state index contributed by atoms with van der Waals surface area (Å²) in [6.07, 6.45) is 8.57. The van der Waals surface area contributed by atoms with Gasteiger partial charge in [-0.05, 0) is 31.0 Å². The lowest BCUT2D eigenvalue weighted by Gasteiger charge is -1.97. The molecule has 0 bridgehead atoms. The summed E-state index contributed by atoms with van der Waals surface area (Å²) in [6.45, 7) is 2.18. The lowest BCUT2D eigenvalue weighted by atomic mass is 10.1. The lowest BCUT2D eigenvalue weighted by molar-refractivity contribution is 0.624. The van der Waals surface area contributed by atoms with Crippen LogP contribution >= 0.6 is 15.9 Å². The first-order valence-corrected chi connectivity index (χ1v) is 6.15. The molecule has 0 aliphatic rings. The molecule has 0 aliphatic carbocycles. The molecule has 0 spiro atoms. The van der Waals surface area contributed by atoms with E-state index in [9.17, 15) is 4.39 Å². The van der Waals surface area contributed by atoms with E-state index in [0.29, 0.717) is 5.56 Å². The Kier molecular flexibility index (Phi) is 5.62. The summed E-state index contributed by atoms with van der Waals surface area (Å²) in [7, 11) is 0. The van der Waals surface area contributed by atoms with Gasteiger partial charge in [-0.15, -0.1) is 0 Å². The fourth-order valence-corrected chi connectivity index (χ4v) is 1.74. The van der Waals surface area contributed by atoms with Crippen LogP contribution in [0.3, 0.4) is 0 Å². The lowest BCUT2D eigenvalue weighted by Crippen LogP contribution is -1.81. The van der Waals surface area contributed by atoms with Gasteiger partial charge >= 0.3 is 0 Å². The van der Waals surface area contributed by atoms with Gasteiger partial charge in [0.25, 0.3) is 0 Å². The van der Waals surface area contributed by atoms with Crippen molar-refractivity contribution in [1.82, 2.24) is 0 Å². The highest BCUT2D eigenvalue weighted by atomic mass is 79.9. The largest absolute Gasteiger partial charge is 0.206 e. The zero-order valence-corrected chi connectivity index (χ0v) is 10.6. The third-order valence-electron chi connectivity index (χ3n) is 2.23. The second-order valence-electron chi connectivity index (χ2n) is 3.56. The average molecular weight is 271 g/mol. The molecule has 0 radical (unpaired) electrons. The minimum Gasteiger partial charge on any atom is -0.206 e. The van der Waals surface area contributed by atoms with Crippen molar-refractivity contribution in [3.8, 4) is 0 Å². The second-order valence-corrected chi connectivity index (χ2v) is 4.48. The van der Waals surface area contributed by atoms with Gasteiger partial charge < -0.3 is 0 Å². The third-order valence-corrected chi connectivity index (χ3v) is 2.72. The van der Waals surface area contributed by atoms with Crippen molar-refractivity contribution in [2.45, 2.75) is 32.6 Å². The van der Waals surface area contributed by atoms with Crippen molar-refractivity contribution in [2.75, 3.05) is 0 Å². The topological polar surface area (TPSA) is 0 Å². The average Bonchev–Trinajstić information content (AvgIpc) is 2.23. The molecular weight excluding hydrogens is 255 g/mol. The molecule has 0 saturated carbocycles. The van der Waals surface area contributed by atoms with Gasteiger partial charge in [0.15, 0.2) is 0 Å². The van der Waals surface area contributed by atoms with Gasteiger partial charge in [0.2, 0.25) is 0 Å². The minimum atomic E-state index is -0.162. The summed E-state index contributed by atoms with van der Waals surface area (Å²) >= 11 is 3.33. The summed E-state index contributed by atoms with van der Waals surface area (Å²) in [5.74, 6) is -0.162. The predicted octanol–water partition coefficient (Wildman–Crippen LogP) is 5.18. The fraction of sp³-hybridized carbons (Fsp3) is 0.385. The Hall–Kier alpha value is -0.630. The van der Waals surface area contributed by atoms with Crippen molar-refractivity contribution in [2.24, 2.45) is 0 Å². The second kappa shape index (κ2) is 6.78. The molecule has 0 amide bonds. The molecule has 0 fully saturated rings. The summed E-state index contributed by atoms with van der Waals surface area (Å²) in [6, 6.07) is 4.99. The number of allylic oxidation sites excluding steroid dienone is 1. The standard InChI is InChI=1S/C13H16BrF/c1-2-3-4-5-6-7-11-10-12(14)8-9-13(11)15/h6-10H,2-5H2,1H3/b7-6-. The van der Waals surface area contributed by atoms with Gasteiger partial charge in [-0.1, -0.05) is 47.8 Å². The van der Waals surface area contributed by atoms with Crippen molar-refractivity contribution in [3.63, 3.8) is 0 Å². The molecule has 0 nitrogen and oxygen atoms in total. The SMILES string of the molecule is CCCCC/C=C\c1cc(Br)ccc1F. The van der Waals surface area contributed by atoms with Crippen LogP contribution in [-0.2, 0) is 0 Å². The van der Waals surface area contributed by atoms with E-state index in [1.165, 1.54) is 25.3 Å². The molecule has 0 N–H and O–H groups in total. The number of halogens is 2. The van der Waals surface area contributed by atoms with E-state index in [2.05, 4.69) is 22.9 Å².